The molecule has 0 aliphatic carbocycles. The molecule has 5 heteroatoms. The summed E-state index contributed by atoms with van der Waals surface area (Å²) in [6.07, 6.45) is 4.04. The highest BCUT2D eigenvalue weighted by Crippen LogP contribution is 2.68. The minimum absolute atomic E-state index is 0.0539. The Hall–Kier alpha value is -3.54. The second-order valence-corrected chi connectivity index (χ2v) is 11.1. The molecule has 2 spiro atoms. The molecule has 3 fully saturated rings. The van der Waals surface area contributed by atoms with Crippen molar-refractivity contribution in [2.45, 2.75) is 30.3 Å². The Bertz CT molecular complexity index is 1420. The van der Waals surface area contributed by atoms with Gasteiger partial charge in [0.1, 0.15) is 5.54 Å². The van der Waals surface area contributed by atoms with Gasteiger partial charge in [-0.2, -0.15) is 0 Å². The summed E-state index contributed by atoms with van der Waals surface area (Å²) < 4.78 is 0. The first kappa shape index (κ1) is 22.6. The van der Waals surface area contributed by atoms with Crippen LogP contribution in [0.2, 0.25) is 0 Å². The number of nitrogens with zero attached hydrogens (tertiary/aromatic N) is 2. The molecule has 0 bridgehead atoms. The van der Waals surface area contributed by atoms with Crippen molar-refractivity contribution in [3.63, 3.8) is 0 Å². The number of likely N-dealkylation sites (N-methyl/N-ethyl adjacent to an activating group) is 1. The van der Waals surface area contributed by atoms with E-state index in [0.29, 0.717) is 13.1 Å². The molecule has 0 radical (unpaired) electrons. The number of anilines is 1. The monoisotopic (exact) mass is 489 g/mol. The van der Waals surface area contributed by atoms with Crippen LogP contribution in [0.4, 0.5) is 5.69 Å². The van der Waals surface area contributed by atoms with Crippen molar-refractivity contribution >= 4 is 23.5 Å². The molecule has 7 rings (SSSR count). The van der Waals surface area contributed by atoms with E-state index in [9.17, 15) is 4.79 Å². The molecule has 4 aliphatic heterocycles. The Kier molecular flexibility index (Phi) is 5.04. The summed E-state index contributed by atoms with van der Waals surface area (Å²) in [6.45, 7) is 1.92. The summed E-state index contributed by atoms with van der Waals surface area (Å²) in [7, 11) is 2.09. The number of hydrogen-bond acceptors (Lipinski definition) is 4. The van der Waals surface area contributed by atoms with Gasteiger partial charge >= 0.3 is 0 Å². The van der Waals surface area contributed by atoms with Gasteiger partial charge in [0.2, 0.25) is 0 Å². The number of hydrogen-bond donors (Lipinski definition) is 1. The fraction of sp³-hybridized carbons (Fsp3) is 0.312. The maximum absolute atomic E-state index is 15.1. The largest absolute Gasteiger partial charge is 0.324 e. The number of likely N-dealkylation sites (tertiary alicyclic amines) is 1. The number of ketones is 1. The third-order valence-electron chi connectivity index (χ3n) is 9.14. The van der Waals surface area contributed by atoms with E-state index in [1.54, 1.807) is 0 Å². The molecule has 37 heavy (non-hydrogen) atoms. The van der Waals surface area contributed by atoms with Gasteiger partial charge in [0.15, 0.2) is 5.78 Å². The number of carbonyl (C=O) groups is 2. The van der Waals surface area contributed by atoms with Gasteiger partial charge in [-0.1, -0.05) is 78.9 Å². The van der Waals surface area contributed by atoms with Crippen LogP contribution in [0.15, 0.2) is 90.5 Å². The van der Waals surface area contributed by atoms with Crippen LogP contribution in [0.1, 0.15) is 35.4 Å². The van der Waals surface area contributed by atoms with Crippen molar-refractivity contribution in [3.8, 4) is 0 Å². The molecule has 3 aromatic carbocycles. The Balaban J connectivity index is 1.54. The van der Waals surface area contributed by atoms with Crippen LogP contribution < -0.4 is 5.32 Å². The highest BCUT2D eigenvalue weighted by atomic mass is 16.2. The number of amides is 1. The molecule has 4 atom stereocenters. The third kappa shape index (κ3) is 2.93. The van der Waals surface area contributed by atoms with Crippen molar-refractivity contribution in [1.82, 2.24) is 9.80 Å². The number of piperidine rings is 1. The molecule has 3 aromatic rings. The van der Waals surface area contributed by atoms with E-state index in [-0.39, 0.29) is 23.7 Å². The van der Waals surface area contributed by atoms with Crippen LogP contribution in [-0.4, -0.2) is 54.2 Å². The van der Waals surface area contributed by atoms with E-state index in [2.05, 4.69) is 52.5 Å². The first-order valence-electron chi connectivity index (χ1n) is 13.3. The third-order valence-corrected chi connectivity index (χ3v) is 9.14. The lowest BCUT2D eigenvalue weighted by Gasteiger charge is -2.51. The molecule has 3 saturated heterocycles. The van der Waals surface area contributed by atoms with Gasteiger partial charge < -0.3 is 10.2 Å². The zero-order valence-electron chi connectivity index (χ0n) is 21.1. The Morgan fingerprint density at radius 3 is 2.41 bits per heavy atom. The maximum Gasteiger partial charge on any atom is 0.250 e. The highest BCUT2D eigenvalue weighted by molar-refractivity contribution is 6.16. The number of rotatable bonds is 2. The summed E-state index contributed by atoms with van der Waals surface area (Å²) in [5, 5.41) is 3.22. The standard InChI is InChI=1S/C32H31N3O2/c1-34-20-24(19-22-11-4-2-5-12-22)29(36)31(21-34)28(23-13-6-3-7-14-23)27-17-10-18-35(27)32(31)25-15-8-9-16-26(25)33-30(32)37/h2-9,11-16,19,27-28H,10,17-18,20-21H2,1H3,(H,33,37)/b24-19+/t27-,28-,31-,32-/m1/s1. The van der Waals surface area contributed by atoms with Crippen molar-refractivity contribution < 1.29 is 9.59 Å². The predicted molar refractivity (Wildman–Crippen MR) is 145 cm³/mol. The van der Waals surface area contributed by atoms with Gasteiger partial charge in [0.25, 0.3) is 5.91 Å². The lowest BCUT2D eigenvalue weighted by atomic mass is 9.55. The maximum atomic E-state index is 15.1. The SMILES string of the molecule is CN1C/C(=C\c2ccccc2)C(=O)[C@@]2(C1)[C@H](c1ccccc1)[C@H]1CCCN1[C@]21C(=O)Nc2ccccc21. The molecule has 5 nitrogen and oxygen atoms in total. The van der Waals surface area contributed by atoms with E-state index in [4.69, 9.17) is 0 Å². The Morgan fingerprint density at radius 1 is 0.919 bits per heavy atom. The average Bonchev–Trinajstić information content (AvgIpc) is 3.56. The van der Waals surface area contributed by atoms with E-state index in [1.165, 1.54) is 0 Å². The fourth-order valence-corrected chi connectivity index (χ4v) is 8.09. The van der Waals surface area contributed by atoms with E-state index in [1.807, 2.05) is 60.7 Å². The molecule has 0 unspecified atom stereocenters. The normalized spacial score (nSPS) is 32.3. The van der Waals surface area contributed by atoms with Crippen molar-refractivity contribution in [1.29, 1.82) is 0 Å². The minimum atomic E-state index is -1.05. The number of fused-ring (bicyclic) bond motifs is 5. The van der Waals surface area contributed by atoms with E-state index < -0.39 is 11.0 Å². The summed E-state index contributed by atoms with van der Waals surface area (Å²) in [4.78, 5) is 34.2. The Morgan fingerprint density at radius 2 is 1.62 bits per heavy atom. The lowest BCUT2D eigenvalue weighted by Crippen LogP contribution is -2.65. The summed E-state index contributed by atoms with van der Waals surface area (Å²) in [6, 6.07) is 28.7. The van der Waals surface area contributed by atoms with Crippen LogP contribution >= 0.6 is 0 Å². The van der Waals surface area contributed by atoms with Gasteiger partial charge in [-0.3, -0.25) is 14.5 Å². The minimum Gasteiger partial charge on any atom is -0.324 e. The predicted octanol–water partition coefficient (Wildman–Crippen LogP) is 4.68. The van der Waals surface area contributed by atoms with Crippen LogP contribution in [-0.2, 0) is 15.1 Å². The lowest BCUT2D eigenvalue weighted by molar-refractivity contribution is -0.147. The zero-order valence-corrected chi connectivity index (χ0v) is 21.1. The molecule has 0 aromatic heterocycles. The van der Waals surface area contributed by atoms with E-state index >= 15 is 4.79 Å². The fourth-order valence-electron chi connectivity index (χ4n) is 8.09. The second-order valence-electron chi connectivity index (χ2n) is 11.1. The number of Topliss-reactive ketones (excluding diaryl/α,β-unsaturated/α-hetero) is 1. The zero-order chi connectivity index (χ0) is 25.2. The topological polar surface area (TPSA) is 52.7 Å². The number of benzene rings is 3. The molecule has 4 aliphatic rings. The van der Waals surface area contributed by atoms with Gasteiger partial charge in [-0.15, -0.1) is 0 Å². The van der Waals surface area contributed by atoms with Gasteiger partial charge in [0, 0.05) is 41.9 Å². The van der Waals surface area contributed by atoms with Crippen molar-refractivity contribution in [3.05, 3.63) is 107 Å². The number of para-hydroxylation sites is 1. The number of carbonyl (C=O) groups excluding carboxylic acids is 2. The molecular formula is C32H31N3O2. The second kappa shape index (κ2) is 8.23. The van der Waals surface area contributed by atoms with Crippen LogP contribution in [0, 0.1) is 5.41 Å². The van der Waals surface area contributed by atoms with Crippen LogP contribution in [0.3, 0.4) is 0 Å². The molecule has 186 valence electrons. The number of nitrogens with one attached hydrogen (secondary N) is 1. The van der Waals surface area contributed by atoms with Gasteiger partial charge in [-0.25, -0.2) is 0 Å². The van der Waals surface area contributed by atoms with E-state index in [0.717, 1.165) is 47.3 Å². The smallest absolute Gasteiger partial charge is 0.250 e. The summed E-state index contributed by atoms with van der Waals surface area (Å²) in [5.41, 5.74) is 2.72. The Labute approximate surface area is 217 Å². The molecule has 1 amide bonds. The molecular weight excluding hydrogens is 458 g/mol. The summed E-state index contributed by atoms with van der Waals surface area (Å²) in [5.74, 6) is -0.0335. The quantitative estimate of drug-likeness (QED) is 0.531. The van der Waals surface area contributed by atoms with Crippen molar-refractivity contribution in [2.75, 3.05) is 32.0 Å². The molecule has 1 N–H and O–H groups in total. The first-order valence-corrected chi connectivity index (χ1v) is 13.3. The average molecular weight is 490 g/mol. The van der Waals surface area contributed by atoms with Crippen LogP contribution in [0.25, 0.3) is 6.08 Å². The first-order chi connectivity index (χ1) is 18.1. The molecule has 4 heterocycles. The summed E-state index contributed by atoms with van der Waals surface area (Å²) >= 11 is 0. The van der Waals surface area contributed by atoms with Crippen LogP contribution in [0.5, 0.6) is 0 Å². The molecule has 0 saturated carbocycles. The highest BCUT2D eigenvalue weighted by Gasteiger charge is 2.78. The van der Waals surface area contributed by atoms with Crippen molar-refractivity contribution in [2.24, 2.45) is 5.41 Å². The van der Waals surface area contributed by atoms with Gasteiger partial charge in [0.05, 0.1) is 5.41 Å². The van der Waals surface area contributed by atoms with Gasteiger partial charge in [-0.05, 0) is 49.7 Å².